The van der Waals surface area contributed by atoms with E-state index in [1.54, 1.807) is 0 Å². The Labute approximate surface area is 133 Å². The molecule has 0 spiro atoms. The van der Waals surface area contributed by atoms with E-state index in [1.165, 1.54) is 13.0 Å². The summed E-state index contributed by atoms with van der Waals surface area (Å²) in [4.78, 5) is 10.7. The molecule has 0 bridgehead atoms. The summed E-state index contributed by atoms with van der Waals surface area (Å²) in [5, 5.41) is 8.76. The Balaban J connectivity index is 2.13. The number of carbonyl (C=O) groups is 1. The maximum absolute atomic E-state index is 13.4. The van der Waals surface area contributed by atoms with Crippen LogP contribution in [0.25, 0.3) is 0 Å². The topological polar surface area (TPSA) is 83.5 Å². The van der Waals surface area contributed by atoms with Crippen molar-refractivity contribution >= 4 is 27.6 Å². The molecule has 2 rings (SSSR count). The predicted octanol–water partition coefficient (Wildman–Crippen LogP) is 2.71. The maximum Gasteiger partial charge on any atom is 0.306 e. The molecule has 5 nitrogen and oxygen atoms in total. The minimum Gasteiger partial charge on any atom is -0.481 e. The van der Waals surface area contributed by atoms with Gasteiger partial charge in [-0.25, -0.2) is 17.5 Å². The van der Waals surface area contributed by atoms with E-state index >= 15 is 0 Å². The smallest absolute Gasteiger partial charge is 0.306 e. The van der Waals surface area contributed by atoms with Crippen molar-refractivity contribution < 1.29 is 22.7 Å². The second kappa shape index (κ2) is 6.52. The van der Waals surface area contributed by atoms with E-state index in [0.29, 0.717) is 25.7 Å². The van der Waals surface area contributed by atoms with Gasteiger partial charge in [0.05, 0.1) is 10.9 Å². The third-order valence-corrected chi connectivity index (χ3v) is 5.89. The second-order valence-corrected chi connectivity index (χ2v) is 7.63. The van der Waals surface area contributed by atoms with Gasteiger partial charge in [0.15, 0.2) is 0 Å². The minimum atomic E-state index is -3.86. The molecule has 1 aromatic carbocycles. The van der Waals surface area contributed by atoms with Gasteiger partial charge in [0.1, 0.15) is 10.7 Å². The standard InChI is InChI=1S/C14H17ClFNO4S/c1-8-6-13(11(15)7-12(8)16)22(20,21)17-10-4-2-9(3-5-10)14(18)19/h6-7,9-10,17H,2-5H2,1H3,(H,18,19). The van der Waals surface area contributed by atoms with E-state index in [0.717, 1.165) is 6.07 Å². The van der Waals surface area contributed by atoms with E-state index in [-0.39, 0.29) is 21.5 Å². The molecular formula is C14H17ClFNO4S. The number of aryl methyl sites for hydroxylation is 1. The molecule has 0 heterocycles. The zero-order chi connectivity index (χ0) is 16.5. The molecule has 1 fully saturated rings. The van der Waals surface area contributed by atoms with Gasteiger partial charge in [-0.2, -0.15) is 0 Å². The van der Waals surface area contributed by atoms with Gasteiger partial charge >= 0.3 is 5.97 Å². The van der Waals surface area contributed by atoms with Gasteiger partial charge in [0.2, 0.25) is 10.0 Å². The number of rotatable bonds is 4. The molecule has 22 heavy (non-hydrogen) atoms. The highest BCUT2D eigenvalue weighted by molar-refractivity contribution is 7.89. The van der Waals surface area contributed by atoms with Crippen LogP contribution in [0.5, 0.6) is 0 Å². The maximum atomic E-state index is 13.4. The lowest BCUT2D eigenvalue weighted by molar-refractivity contribution is -0.142. The third-order valence-electron chi connectivity index (χ3n) is 3.90. The van der Waals surface area contributed by atoms with Crippen LogP contribution in [0.3, 0.4) is 0 Å². The summed E-state index contributed by atoms with van der Waals surface area (Å²) >= 11 is 5.83. The van der Waals surface area contributed by atoms with Crippen molar-refractivity contribution in [3.63, 3.8) is 0 Å². The molecule has 0 radical (unpaired) electrons. The first-order chi connectivity index (χ1) is 10.2. The van der Waals surface area contributed by atoms with E-state index in [2.05, 4.69) is 4.72 Å². The molecule has 1 saturated carbocycles. The summed E-state index contributed by atoms with van der Waals surface area (Å²) < 4.78 is 40.6. The van der Waals surface area contributed by atoms with Crippen LogP contribution in [0.4, 0.5) is 4.39 Å². The lowest BCUT2D eigenvalue weighted by atomic mass is 9.87. The Morgan fingerprint density at radius 1 is 1.32 bits per heavy atom. The summed E-state index contributed by atoms with van der Waals surface area (Å²) in [5.74, 6) is -1.83. The zero-order valence-corrected chi connectivity index (χ0v) is 13.5. The average Bonchev–Trinajstić information content (AvgIpc) is 2.42. The first-order valence-corrected chi connectivity index (χ1v) is 8.77. The number of aliphatic carboxylic acids is 1. The van der Waals surface area contributed by atoms with E-state index < -0.39 is 27.7 Å². The normalized spacial score (nSPS) is 22.5. The number of benzene rings is 1. The summed E-state index contributed by atoms with van der Waals surface area (Å²) in [6.45, 7) is 1.46. The van der Waals surface area contributed by atoms with Crippen molar-refractivity contribution in [3.05, 3.63) is 28.5 Å². The van der Waals surface area contributed by atoms with Crippen molar-refractivity contribution in [3.8, 4) is 0 Å². The van der Waals surface area contributed by atoms with Crippen LogP contribution in [0.15, 0.2) is 17.0 Å². The van der Waals surface area contributed by atoms with Crippen LogP contribution >= 0.6 is 11.6 Å². The minimum absolute atomic E-state index is 0.159. The molecule has 0 aromatic heterocycles. The van der Waals surface area contributed by atoms with Gasteiger partial charge in [-0.3, -0.25) is 4.79 Å². The zero-order valence-electron chi connectivity index (χ0n) is 12.0. The molecule has 0 saturated heterocycles. The molecule has 122 valence electrons. The lowest BCUT2D eigenvalue weighted by Gasteiger charge is -2.26. The number of hydrogen-bond donors (Lipinski definition) is 2. The van der Waals surface area contributed by atoms with E-state index in [9.17, 15) is 17.6 Å². The number of sulfonamides is 1. The number of nitrogens with one attached hydrogen (secondary N) is 1. The number of carboxylic acid groups (broad SMARTS) is 1. The molecule has 1 aliphatic carbocycles. The van der Waals surface area contributed by atoms with Crippen LogP contribution in [-0.2, 0) is 14.8 Å². The van der Waals surface area contributed by atoms with Gasteiger partial charge in [0, 0.05) is 6.04 Å². The van der Waals surface area contributed by atoms with Gasteiger partial charge in [-0.05, 0) is 50.3 Å². The van der Waals surface area contributed by atoms with Gasteiger partial charge in [0.25, 0.3) is 0 Å². The van der Waals surface area contributed by atoms with Crippen molar-refractivity contribution in [1.82, 2.24) is 4.72 Å². The second-order valence-electron chi connectivity index (χ2n) is 5.54. The number of carboxylic acids is 1. The average molecular weight is 350 g/mol. The van der Waals surface area contributed by atoms with Gasteiger partial charge in [-0.1, -0.05) is 11.6 Å². The molecule has 8 heteroatoms. The highest BCUT2D eigenvalue weighted by Gasteiger charge is 2.29. The van der Waals surface area contributed by atoms with Crippen molar-refractivity contribution in [2.24, 2.45) is 5.92 Å². The summed E-state index contributed by atoms with van der Waals surface area (Å²) in [6, 6.07) is 1.84. The first kappa shape index (κ1) is 17.2. The molecule has 0 amide bonds. The summed E-state index contributed by atoms with van der Waals surface area (Å²) in [5.41, 5.74) is 0.194. The summed E-state index contributed by atoms with van der Waals surface area (Å²) in [7, 11) is -3.86. The molecule has 1 aromatic rings. The fraction of sp³-hybridized carbons (Fsp3) is 0.500. The molecule has 0 atom stereocenters. The largest absolute Gasteiger partial charge is 0.481 e. The van der Waals surface area contributed by atoms with E-state index in [4.69, 9.17) is 16.7 Å². The summed E-state index contributed by atoms with van der Waals surface area (Å²) in [6.07, 6.45) is 1.76. The third kappa shape index (κ3) is 3.77. The molecule has 0 aliphatic heterocycles. The van der Waals surface area contributed by atoms with E-state index in [1.807, 2.05) is 0 Å². The van der Waals surface area contributed by atoms with Crippen LogP contribution in [0.1, 0.15) is 31.2 Å². The number of hydrogen-bond acceptors (Lipinski definition) is 3. The van der Waals surface area contributed by atoms with Crippen molar-refractivity contribution in [2.45, 2.75) is 43.5 Å². The van der Waals surface area contributed by atoms with Crippen LogP contribution in [0.2, 0.25) is 5.02 Å². The Bertz CT molecular complexity index is 684. The van der Waals surface area contributed by atoms with Crippen LogP contribution in [0, 0.1) is 18.7 Å². The quantitative estimate of drug-likeness (QED) is 0.875. The van der Waals surface area contributed by atoms with Crippen LogP contribution in [-0.4, -0.2) is 25.5 Å². The Morgan fingerprint density at radius 2 is 1.91 bits per heavy atom. The monoisotopic (exact) mass is 349 g/mol. The Morgan fingerprint density at radius 3 is 2.45 bits per heavy atom. The Hall–Kier alpha value is -1.18. The van der Waals surface area contributed by atoms with Gasteiger partial charge < -0.3 is 5.11 Å². The van der Waals surface area contributed by atoms with Crippen molar-refractivity contribution in [1.29, 1.82) is 0 Å². The fourth-order valence-electron chi connectivity index (χ4n) is 2.58. The van der Waals surface area contributed by atoms with Crippen molar-refractivity contribution in [2.75, 3.05) is 0 Å². The highest BCUT2D eigenvalue weighted by Crippen LogP contribution is 2.28. The molecule has 1 aliphatic rings. The molecular weight excluding hydrogens is 333 g/mol. The predicted molar refractivity (Wildman–Crippen MR) is 79.9 cm³/mol. The number of halogens is 2. The Kier molecular flexibility index (Phi) is 5.09. The molecule has 0 unspecified atom stereocenters. The first-order valence-electron chi connectivity index (χ1n) is 6.91. The van der Waals surface area contributed by atoms with Gasteiger partial charge in [-0.15, -0.1) is 0 Å². The van der Waals surface area contributed by atoms with Crippen LogP contribution < -0.4 is 4.72 Å². The molecule has 2 N–H and O–H groups in total. The highest BCUT2D eigenvalue weighted by atomic mass is 35.5. The lowest BCUT2D eigenvalue weighted by Crippen LogP contribution is -2.38. The SMILES string of the molecule is Cc1cc(S(=O)(=O)NC2CCC(C(=O)O)CC2)c(Cl)cc1F. The fourth-order valence-corrected chi connectivity index (χ4v) is 4.48.